The largest absolute Gasteiger partial charge is 0.472 e. The highest BCUT2D eigenvalue weighted by molar-refractivity contribution is 7.47. The highest BCUT2D eigenvalue weighted by Gasteiger charge is 2.30. The van der Waals surface area contributed by atoms with Crippen LogP contribution in [0.2, 0.25) is 0 Å². The summed E-state index contributed by atoms with van der Waals surface area (Å²) in [6.07, 6.45) is 63.2. The fourth-order valence-electron chi connectivity index (χ4n) is 11.5. The van der Waals surface area contributed by atoms with E-state index in [0.717, 1.165) is 115 Å². The monoisotopic (exact) mass is 1420 g/mol. The zero-order chi connectivity index (χ0) is 71.2. The highest BCUT2D eigenvalue weighted by atomic mass is 31.2. The predicted molar refractivity (Wildman–Crippen MR) is 395 cm³/mol. The maximum atomic E-state index is 13.1. The molecule has 0 rings (SSSR count). The summed E-state index contributed by atoms with van der Waals surface area (Å²) in [4.78, 5) is 72.8. The van der Waals surface area contributed by atoms with E-state index in [1.54, 1.807) is 0 Å². The van der Waals surface area contributed by atoms with Gasteiger partial charge >= 0.3 is 39.5 Å². The third-order valence-electron chi connectivity index (χ3n) is 17.7. The van der Waals surface area contributed by atoms with Gasteiger partial charge in [0.05, 0.1) is 26.4 Å². The van der Waals surface area contributed by atoms with Crippen molar-refractivity contribution in [1.82, 2.24) is 0 Å². The number of rotatable bonds is 76. The molecule has 0 saturated carbocycles. The maximum Gasteiger partial charge on any atom is 0.472 e. The number of carbonyl (C=O) groups is 4. The van der Waals surface area contributed by atoms with Crippen molar-refractivity contribution >= 4 is 39.5 Å². The van der Waals surface area contributed by atoms with Crippen molar-refractivity contribution in [3.63, 3.8) is 0 Å². The lowest BCUT2D eigenvalue weighted by Crippen LogP contribution is -2.30. The molecular weight excluding hydrogens is 1270 g/mol. The number of carbonyl (C=O) groups excluding carboxylic acids is 4. The SMILES string of the molecule is CCCCCC/C=C\C=C/CCCCCCCC(=O)O[C@H](COC(=O)CCCCCCCCCC)COP(=O)(O)OC[C@H](O)COP(=O)(O)OC[C@@H](COC(=O)CCCCCCCCCCCCCCCCCC)OC(=O)CCCCCCCCCCCCCCCCCC(C)C. The average Bonchev–Trinajstić information content (AvgIpc) is 1.15. The molecule has 0 fully saturated rings. The van der Waals surface area contributed by atoms with Gasteiger partial charge in [-0.05, 0) is 57.3 Å². The van der Waals surface area contributed by atoms with Gasteiger partial charge in [0.15, 0.2) is 12.2 Å². The molecule has 3 N–H and O–H groups in total. The van der Waals surface area contributed by atoms with Crippen LogP contribution in [-0.4, -0.2) is 96.7 Å². The molecule has 0 spiro atoms. The van der Waals surface area contributed by atoms with E-state index in [0.29, 0.717) is 25.7 Å². The molecule has 0 aromatic heterocycles. The maximum absolute atomic E-state index is 13.1. The standard InChI is InChI=1S/C78H148O17P2/c1-6-9-12-15-18-21-23-25-27-31-34-38-42-47-52-57-62-76(81)89-68-74(95-78(83)64-59-54-49-44-40-36-32-28-30-33-37-41-45-50-55-60-71(4)5)70-93-97(86,87)91-66-72(79)65-90-96(84,85)92-69-73(67-88-75(80)61-56-51-46-20-17-14-11-8-3)94-77(82)63-58-53-48-43-39-35-29-26-24-22-19-16-13-10-7-2/h22,24,26,29,71-74,79H,6-21,23,25,27-28,30-70H2,1-5H3,(H,84,85)(H,86,87)/b24-22-,29-26-/t72-,73+,74+/m0/s1. The summed E-state index contributed by atoms with van der Waals surface area (Å²) in [6.45, 7) is 7.24. The summed E-state index contributed by atoms with van der Waals surface area (Å²) >= 11 is 0. The van der Waals surface area contributed by atoms with Crippen molar-refractivity contribution in [3.05, 3.63) is 24.3 Å². The first kappa shape index (κ1) is 94.5. The molecule has 0 heterocycles. The molecule has 0 aliphatic carbocycles. The third kappa shape index (κ3) is 71.7. The van der Waals surface area contributed by atoms with Gasteiger partial charge in [0.2, 0.25) is 0 Å². The van der Waals surface area contributed by atoms with Crippen molar-refractivity contribution in [2.24, 2.45) is 5.92 Å². The van der Waals surface area contributed by atoms with Crippen LogP contribution in [0.1, 0.15) is 388 Å². The van der Waals surface area contributed by atoms with E-state index in [-0.39, 0.29) is 25.7 Å². The number of phosphoric acid groups is 2. The Bertz CT molecular complexity index is 1950. The lowest BCUT2D eigenvalue weighted by Gasteiger charge is -2.21. The Labute approximate surface area is 592 Å². The normalized spacial score (nSPS) is 14.1. The first-order valence-electron chi connectivity index (χ1n) is 40.0. The van der Waals surface area contributed by atoms with E-state index >= 15 is 0 Å². The Morgan fingerprint density at radius 1 is 0.320 bits per heavy atom. The molecule has 2 unspecified atom stereocenters. The number of aliphatic hydroxyl groups excluding tert-OH is 1. The first-order chi connectivity index (χ1) is 47.0. The number of unbranched alkanes of at least 4 members (excludes halogenated alkanes) is 45. The van der Waals surface area contributed by atoms with Crippen molar-refractivity contribution < 1.29 is 80.2 Å². The molecule has 0 amide bonds. The van der Waals surface area contributed by atoms with E-state index in [4.69, 9.17) is 37.0 Å². The summed E-state index contributed by atoms with van der Waals surface area (Å²) < 4.78 is 68.5. The summed E-state index contributed by atoms with van der Waals surface area (Å²) in [7, 11) is -9.92. The number of allylic oxidation sites excluding steroid dienone is 4. The van der Waals surface area contributed by atoms with Gasteiger partial charge in [0, 0.05) is 25.7 Å². The quantitative estimate of drug-likeness (QED) is 0.0169. The summed E-state index contributed by atoms with van der Waals surface area (Å²) in [5, 5.41) is 10.6. The van der Waals surface area contributed by atoms with E-state index in [9.17, 15) is 43.2 Å². The van der Waals surface area contributed by atoms with Gasteiger partial charge in [-0.15, -0.1) is 0 Å². The van der Waals surface area contributed by atoms with Crippen LogP contribution in [0.15, 0.2) is 24.3 Å². The fourth-order valence-corrected chi connectivity index (χ4v) is 13.1. The summed E-state index contributed by atoms with van der Waals surface area (Å²) in [5.41, 5.74) is 0. The second-order valence-electron chi connectivity index (χ2n) is 27.9. The number of hydrogen-bond acceptors (Lipinski definition) is 15. The zero-order valence-corrected chi connectivity index (χ0v) is 64.5. The molecule has 0 saturated heterocycles. The second kappa shape index (κ2) is 70.6. The number of ether oxygens (including phenoxy) is 4. The van der Waals surface area contributed by atoms with Gasteiger partial charge in [0.1, 0.15) is 19.3 Å². The van der Waals surface area contributed by atoms with Gasteiger partial charge in [-0.1, -0.05) is 335 Å². The van der Waals surface area contributed by atoms with Gasteiger partial charge in [-0.25, -0.2) is 9.13 Å². The Kier molecular flexibility index (Phi) is 68.8. The van der Waals surface area contributed by atoms with Crippen LogP contribution in [0.4, 0.5) is 0 Å². The molecule has 19 heteroatoms. The van der Waals surface area contributed by atoms with Crippen LogP contribution in [0.5, 0.6) is 0 Å². The van der Waals surface area contributed by atoms with Gasteiger partial charge in [-0.3, -0.25) is 37.3 Å². The predicted octanol–water partition coefficient (Wildman–Crippen LogP) is 22.8. The van der Waals surface area contributed by atoms with E-state index in [2.05, 4.69) is 58.9 Å². The van der Waals surface area contributed by atoms with Crippen molar-refractivity contribution in [1.29, 1.82) is 0 Å². The Morgan fingerprint density at radius 2 is 0.557 bits per heavy atom. The number of hydrogen-bond donors (Lipinski definition) is 3. The Balaban J connectivity index is 5.24. The Hall–Kier alpha value is -2.46. The molecule has 0 aliphatic rings. The van der Waals surface area contributed by atoms with Gasteiger partial charge in [0.25, 0.3) is 0 Å². The highest BCUT2D eigenvalue weighted by Crippen LogP contribution is 2.45. The number of phosphoric ester groups is 2. The number of esters is 4. The van der Waals surface area contributed by atoms with Crippen molar-refractivity contribution in [3.8, 4) is 0 Å². The molecule has 17 nitrogen and oxygen atoms in total. The van der Waals surface area contributed by atoms with E-state index < -0.39 is 97.5 Å². The van der Waals surface area contributed by atoms with Crippen LogP contribution in [0.3, 0.4) is 0 Å². The molecule has 572 valence electrons. The number of aliphatic hydroxyl groups is 1. The minimum Gasteiger partial charge on any atom is -0.462 e. The molecule has 0 aromatic carbocycles. The van der Waals surface area contributed by atoms with Crippen molar-refractivity contribution in [2.45, 2.75) is 406 Å². The van der Waals surface area contributed by atoms with Crippen LogP contribution < -0.4 is 0 Å². The zero-order valence-electron chi connectivity index (χ0n) is 62.7. The lowest BCUT2D eigenvalue weighted by molar-refractivity contribution is -0.161. The van der Waals surface area contributed by atoms with Gasteiger partial charge < -0.3 is 33.8 Å². The molecule has 0 bridgehead atoms. The molecule has 0 radical (unpaired) electrons. The fraction of sp³-hybridized carbons (Fsp3) is 0.897. The van der Waals surface area contributed by atoms with E-state index in [1.807, 2.05) is 0 Å². The molecular formula is C78H148O17P2. The summed E-state index contributed by atoms with van der Waals surface area (Å²) in [5.74, 6) is -1.34. The third-order valence-corrected chi connectivity index (χ3v) is 19.6. The molecule has 0 aliphatic heterocycles. The average molecular weight is 1420 g/mol. The van der Waals surface area contributed by atoms with Crippen LogP contribution in [0, 0.1) is 5.92 Å². The molecule has 0 aromatic rings. The topological polar surface area (TPSA) is 237 Å². The van der Waals surface area contributed by atoms with E-state index in [1.165, 1.54) is 193 Å². The first-order valence-corrected chi connectivity index (χ1v) is 42.9. The molecule has 97 heavy (non-hydrogen) atoms. The smallest absolute Gasteiger partial charge is 0.462 e. The van der Waals surface area contributed by atoms with Gasteiger partial charge in [-0.2, -0.15) is 0 Å². The lowest BCUT2D eigenvalue weighted by atomic mass is 10.0. The van der Waals surface area contributed by atoms with Crippen molar-refractivity contribution in [2.75, 3.05) is 39.6 Å². The Morgan fingerprint density at radius 3 is 0.845 bits per heavy atom. The second-order valence-corrected chi connectivity index (χ2v) is 30.8. The summed E-state index contributed by atoms with van der Waals surface area (Å²) in [6, 6.07) is 0. The van der Waals surface area contributed by atoms with Crippen LogP contribution in [0.25, 0.3) is 0 Å². The minimum absolute atomic E-state index is 0.0852. The van der Waals surface area contributed by atoms with Crippen LogP contribution in [-0.2, 0) is 65.4 Å². The minimum atomic E-state index is -4.96. The molecule has 5 atom stereocenters. The van der Waals surface area contributed by atoms with Crippen LogP contribution >= 0.6 is 15.6 Å².